The quantitative estimate of drug-likeness (QED) is 0.380. The van der Waals surface area contributed by atoms with E-state index >= 15 is 0 Å². The largest absolute Gasteiger partial charge is 0.304 e. The van der Waals surface area contributed by atoms with Crippen LogP contribution >= 0.6 is 46.7 Å². The van der Waals surface area contributed by atoms with Gasteiger partial charge in [0, 0.05) is 25.0 Å². The molecule has 11 heteroatoms. The summed E-state index contributed by atoms with van der Waals surface area (Å²) in [5.74, 6) is 2.14. The highest BCUT2D eigenvalue weighted by atomic mass is 32.2. The number of nitrogens with zero attached hydrogens (tertiary/aromatic N) is 6. The fraction of sp³-hybridized carbons (Fsp3) is 0.188. The molecule has 0 saturated carbocycles. The second kappa shape index (κ2) is 9.09. The zero-order valence-corrected chi connectivity index (χ0v) is 17.8. The summed E-state index contributed by atoms with van der Waals surface area (Å²) in [6.07, 6.45) is 0. The van der Waals surface area contributed by atoms with Crippen LogP contribution in [0.4, 0.5) is 0 Å². The van der Waals surface area contributed by atoms with Crippen LogP contribution in [0.25, 0.3) is 22.1 Å². The number of nitriles is 1. The van der Waals surface area contributed by atoms with Crippen LogP contribution in [-0.4, -0.2) is 35.3 Å². The highest BCUT2D eigenvalue weighted by Gasteiger charge is 2.11. The number of aromatic nitrogens is 6. The molecule has 1 N–H and O–H groups in total. The lowest BCUT2D eigenvalue weighted by molar-refractivity contribution is 0.796. The Balaban J connectivity index is 0.000000159. The van der Waals surface area contributed by atoms with Crippen molar-refractivity contribution in [2.45, 2.75) is 5.16 Å². The number of rotatable bonds is 4. The Bertz CT molecular complexity index is 1080. The van der Waals surface area contributed by atoms with E-state index in [0.717, 1.165) is 27.2 Å². The van der Waals surface area contributed by atoms with Crippen LogP contribution in [0.2, 0.25) is 0 Å². The molecule has 7 nitrogen and oxygen atoms in total. The van der Waals surface area contributed by atoms with Crippen LogP contribution in [0.15, 0.2) is 39.5 Å². The molecule has 0 saturated heterocycles. The van der Waals surface area contributed by atoms with Gasteiger partial charge >= 0.3 is 0 Å². The number of thioether (sulfide) groups is 1. The molecule has 0 bridgehead atoms. The summed E-state index contributed by atoms with van der Waals surface area (Å²) in [6, 6.07) is 8.09. The fourth-order valence-corrected chi connectivity index (χ4v) is 4.24. The lowest BCUT2D eigenvalue weighted by Crippen LogP contribution is -1.93. The number of nitrogens with one attached hydrogen (secondary N) is 1. The molecule has 0 amide bonds. The molecule has 0 fully saturated rings. The van der Waals surface area contributed by atoms with Gasteiger partial charge in [0.25, 0.3) is 0 Å². The fourth-order valence-electron chi connectivity index (χ4n) is 2.15. The zero-order chi connectivity index (χ0) is 19.2. The van der Waals surface area contributed by atoms with Gasteiger partial charge in [-0.05, 0) is 35.1 Å². The maximum Gasteiger partial charge on any atom is 0.195 e. The van der Waals surface area contributed by atoms with Gasteiger partial charge in [0.1, 0.15) is 0 Å². The third-order valence-electron chi connectivity index (χ3n) is 3.50. The minimum atomic E-state index is 0.399. The van der Waals surface area contributed by atoms with Gasteiger partial charge in [-0.15, -0.1) is 21.5 Å². The predicted octanol–water partition coefficient (Wildman–Crippen LogP) is 4.37. The molecule has 4 aromatic rings. The third-order valence-corrected chi connectivity index (χ3v) is 6.30. The van der Waals surface area contributed by atoms with Gasteiger partial charge < -0.3 is 9.13 Å². The molecule has 0 aliphatic heterocycles. The summed E-state index contributed by atoms with van der Waals surface area (Å²) in [5.41, 5.74) is 1.11. The highest BCUT2D eigenvalue weighted by Crippen LogP contribution is 2.25. The maximum atomic E-state index is 8.48. The van der Waals surface area contributed by atoms with Gasteiger partial charge in [-0.2, -0.15) is 21.7 Å². The average molecular weight is 434 g/mol. The molecule has 0 spiro atoms. The molecule has 4 heterocycles. The third kappa shape index (κ3) is 4.54. The van der Waals surface area contributed by atoms with Gasteiger partial charge in [0.2, 0.25) is 0 Å². The predicted molar refractivity (Wildman–Crippen MR) is 112 cm³/mol. The normalized spacial score (nSPS) is 10.3. The van der Waals surface area contributed by atoms with Gasteiger partial charge in [-0.25, -0.2) is 0 Å². The van der Waals surface area contributed by atoms with Crippen LogP contribution in [0.3, 0.4) is 0 Å². The van der Waals surface area contributed by atoms with E-state index < -0.39 is 0 Å². The first-order valence-corrected chi connectivity index (χ1v) is 10.9. The van der Waals surface area contributed by atoms with E-state index in [1.54, 1.807) is 22.7 Å². The maximum absolute atomic E-state index is 8.48. The molecule has 0 radical (unpaired) electrons. The van der Waals surface area contributed by atoms with Crippen LogP contribution in [0, 0.1) is 16.1 Å². The summed E-state index contributed by atoms with van der Waals surface area (Å²) >= 11 is 9.68. The number of hydrogen-bond donors (Lipinski definition) is 1. The second-order valence-electron chi connectivity index (χ2n) is 5.21. The SMILES string of the molecule is Cn1c(-c2ccsc2)n[nH]c1=S.Cn1c(SCC#N)nnc1-c1cccs1. The lowest BCUT2D eigenvalue weighted by atomic mass is 10.3. The van der Waals surface area contributed by atoms with E-state index in [9.17, 15) is 0 Å². The van der Waals surface area contributed by atoms with Gasteiger partial charge in [-0.3, -0.25) is 5.10 Å². The molecule has 0 aliphatic rings. The first-order valence-electron chi connectivity index (χ1n) is 7.68. The standard InChI is InChI=1S/C9H8N4S2.C7H7N3S2/c1-13-8(7-3-2-5-14-7)11-12-9(13)15-6-4-10;1-10-6(8-9-7(10)11)5-2-3-12-4-5/h2-3,5H,6H2,1H3;2-4H,1H3,(H,9,11). The van der Waals surface area contributed by atoms with Crippen LogP contribution < -0.4 is 0 Å². The molecular formula is C16H15N7S4. The Morgan fingerprint density at radius 3 is 2.67 bits per heavy atom. The minimum absolute atomic E-state index is 0.399. The van der Waals surface area contributed by atoms with Crippen molar-refractivity contribution in [2.24, 2.45) is 14.1 Å². The molecule has 0 atom stereocenters. The van der Waals surface area contributed by atoms with Crippen molar-refractivity contribution in [3.8, 4) is 28.2 Å². The smallest absolute Gasteiger partial charge is 0.195 e. The van der Waals surface area contributed by atoms with E-state index in [4.69, 9.17) is 17.5 Å². The first kappa shape index (κ1) is 19.5. The van der Waals surface area contributed by atoms with Crippen molar-refractivity contribution < 1.29 is 0 Å². The number of thiophene rings is 2. The lowest BCUT2D eigenvalue weighted by Gasteiger charge is -1.99. The van der Waals surface area contributed by atoms with Crippen molar-refractivity contribution in [2.75, 3.05) is 5.75 Å². The minimum Gasteiger partial charge on any atom is -0.304 e. The topological polar surface area (TPSA) is 88.1 Å². The van der Waals surface area contributed by atoms with E-state index in [0.29, 0.717) is 10.5 Å². The van der Waals surface area contributed by atoms with Gasteiger partial charge in [-0.1, -0.05) is 17.8 Å². The average Bonchev–Trinajstić information content (AvgIpc) is 3.44. The Morgan fingerprint density at radius 2 is 2.07 bits per heavy atom. The van der Waals surface area contributed by atoms with Crippen molar-refractivity contribution >= 4 is 46.7 Å². The summed E-state index contributed by atoms with van der Waals surface area (Å²) in [7, 11) is 3.81. The van der Waals surface area contributed by atoms with E-state index in [1.807, 2.05) is 57.6 Å². The van der Waals surface area contributed by atoms with Gasteiger partial charge in [0.05, 0.1) is 16.7 Å². The van der Waals surface area contributed by atoms with Crippen LogP contribution in [-0.2, 0) is 14.1 Å². The molecule has 0 aliphatic carbocycles. The van der Waals surface area contributed by atoms with Crippen LogP contribution in [0.5, 0.6) is 0 Å². The van der Waals surface area contributed by atoms with Crippen molar-refractivity contribution in [3.05, 3.63) is 39.1 Å². The summed E-state index contributed by atoms with van der Waals surface area (Å²) < 4.78 is 4.42. The van der Waals surface area contributed by atoms with Crippen molar-refractivity contribution in [1.29, 1.82) is 5.26 Å². The number of hydrogen-bond acceptors (Lipinski definition) is 8. The monoisotopic (exact) mass is 433 g/mol. The Kier molecular flexibility index (Phi) is 6.57. The van der Waals surface area contributed by atoms with Crippen molar-refractivity contribution in [3.63, 3.8) is 0 Å². The Labute approximate surface area is 173 Å². The molecule has 138 valence electrons. The Morgan fingerprint density at radius 1 is 1.22 bits per heavy atom. The zero-order valence-electron chi connectivity index (χ0n) is 14.5. The molecule has 4 rings (SSSR count). The van der Waals surface area contributed by atoms with E-state index in [-0.39, 0.29) is 0 Å². The summed E-state index contributed by atoms with van der Waals surface area (Å²) in [4.78, 5) is 1.09. The molecule has 0 unspecified atom stereocenters. The molecule has 27 heavy (non-hydrogen) atoms. The van der Waals surface area contributed by atoms with Gasteiger partial charge in [0.15, 0.2) is 21.6 Å². The van der Waals surface area contributed by atoms with E-state index in [2.05, 4.69) is 26.5 Å². The molecular weight excluding hydrogens is 418 g/mol. The van der Waals surface area contributed by atoms with Crippen LogP contribution in [0.1, 0.15) is 0 Å². The Hall–Kier alpha value is -2.26. The second-order valence-corrected chi connectivity index (χ2v) is 8.27. The summed E-state index contributed by atoms with van der Waals surface area (Å²) in [6.45, 7) is 0. The first-order chi connectivity index (χ1) is 13.1. The van der Waals surface area contributed by atoms with Crippen molar-refractivity contribution in [1.82, 2.24) is 29.5 Å². The number of H-pyrrole nitrogens is 1. The molecule has 4 aromatic heterocycles. The number of aromatic amines is 1. The highest BCUT2D eigenvalue weighted by molar-refractivity contribution is 7.99. The summed E-state index contributed by atoms with van der Waals surface area (Å²) in [5, 5.41) is 30.3. The van der Waals surface area contributed by atoms with E-state index in [1.165, 1.54) is 11.8 Å². The molecule has 0 aromatic carbocycles.